The van der Waals surface area contributed by atoms with E-state index in [1.807, 2.05) is 0 Å². The van der Waals surface area contributed by atoms with Gasteiger partial charge >= 0.3 is 0 Å². The predicted molar refractivity (Wildman–Crippen MR) is 51.5 cm³/mol. The van der Waals surface area contributed by atoms with Crippen LogP contribution in [0.4, 0.5) is 0 Å². The van der Waals surface area contributed by atoms with Gasteiger partial charge in [0, 0.05) is 23.3 Å². The van der Waals surface area contributed by atoms with Crippen LogP contribution in [0.1, 0.15) is 19.3 Å². The molecule has 0 amide bonds. The highest BCUT2D eigenvalue weighted by Gasteiger charge is 2.45. The standard InChI is InChI=1S/C10H15O3Si/c14-10-4-8-7(3-9(10)13-8)11-2-1-6-5-12-6/h6-10H,1-5H2. The minimum Gasteiger partial charge on any atom is -0.375 e. The second kappa shape index (κ2) is 3.59. The van der Waals surface area contributed by atoms with Gasteiger partial charge in [0.1, 0.15) is 0 Å². The minimum absolute atomic E-state index is 0.336. The Bertz CT molecular complexity index is 217. The van der Waals surface area contributed by atoms with Gasteiger partial charge in [-0.05, 0) is 18.4 Å². The van der Waals surface area contributed by atoms with Gasteiger partial charge < -0.3 is 14.2 Å². The van der Waals surface area contributed by atoms with E-state index in [4.69, 9.17) is 14.2 Å². The first kappa shape index (κ1) is 9.33. The summed E-state index contributed by atoms with van der Waals surface area (Å²) in [6.07, 6.45) is 4.76. The van der Waals surface area contributed by atoms with E-state index in [1.54, 1.807) is 0 Å². The first-order valence-corrected chi connectivity index (χ1v) is 6.00. The van der Waals surface area contributed by atoms with Crippen molar-refractivity contribution in [1.82, 2.24) is 0 Å². The number of hydrogen-bond acceptors (Lipinski definition) is 3. The monoisotopic (exact) mass is 211 g/mol. The van der Waals surface area contributed by atoms with Gasteiger partial charge in [0.15, 0.2) is 0 Å². The van der Waals surface area contributed by atoms with Gasteiger partial charge in [-0.15, -0.1) is 0 Å². The van der Waals surface area contributed by atoms with E-state index in [9.17, 15) is 0 Å². The third kappa shape index (κ3) is 1.76. The molecule has 0 N–H and O–H groups in total. The zero-order valence-corrected chi connectivity index (χ0v) is 9.15. The maximum atomic E-state index is 5.81. The lowest BCUT2D eigenvalue weighted by molar-refractivity contribution is -0.00325. The summed E-state index contributed by atoms with van der Waals surface area (Å²) >= 11 is 0. The van der Waals surface area contributed by atoms with Crippen molar-refractivity contribution in [3.8, 4) is 0 Å². The maximum Gasteiger partial charge on any atom is 0.0861 e. The smallest absolute Gasteiger partial charge is 0.0861 e. The van der Waals surface area contributed by atoms with Gasteiger partial charge in [-0.25, -0.2) is 0 Å². The lowest BCUT2D eigenvalue weighted by Gasteiger charge is -2.22. The fourth-order valence-corrected chi connectivity index (χ4v) is 2.82. The van der Waals surface area contributed by atoms with Gasteiger partial charge in [0.25, 0.3) is 0 Å². The van der Waals surface area contributed by atoms with Crippen molar-refractivity contribution in [2.45, 2.75) is 49.2 Å². The fraction of sp³-hybridized carbons (Fsp3) is 1.00. The molecule has 3 fully saturated rings. The summed E-state index contributed by atoms with van der Waals surface area (Å²) in [5.74, 6) is 0. The van der Waals surface area contributed by atoms with E-state index in [2.05, 4.69) is 10.2 Å². The van der Waals surface area contributed by atoms with Crippen LogP contribution in [0.25, 0.3) is 0 Å². The predicted octanol–water partition coefficient (Wildman–Crippen LogP) is 0.679. The molecule has 3 rings (SSSR count). The Kier molecular flexibility index (Phi) is 2.39. The first-order chi connectivity index (χ1) is 6.83. The third-order valence-corrected chi connectivity index (χ3v) is 3.95. The topological polar surface area (TPSA) is 31.0 Å². The van der Waals surface area contributed by atoms with E-state index in [1.165, 1.54) is 0 Å². The molecule has 5 unspecified atom stereocenters. The summed E-state index contributed by atoms with van der Waals surface area (Å²) in [5.41, 5.74) is 0.548. The highest BCUT2D eigenvalue weighted by Crippen LogP contribution is 2.42. The van der Waals surface area contributed by atoms with Crippen molar-refractivity contribution in [2.24, 2.45) is 0 Å². The van der Waals surface area contributed by atoms with E-state index in [0.29, 0.717) is 30.0 Å². The van der Waals surface area contributed by atoms with Gasteiger partial charge in [-0.3, -0.25) is 0 Å². The number of ether oxygens (including phenoxy) is 3. The van der Waals surface area contributed by atoms with Crippen molar-refractivity contribution < 1.29 is 14.2 Å². The maximum absolute atomic E-state index is 5.81. The molecule has 0 aromatic rings. The van der Waals surface area contributed by atoms with Crippen molar-refractivity contribution in [1.29, 1.82) is 0 Å². The number of hydrogen-bond donors (Lipinski definition) is 0. The highest BCUT2D eigenvalue weighted by atomic mass is 28.1. The summed E-state index contributed by atoms with van der Waals surface area (Å²) in [6.45, 7) is 1.76. The Morgan fingerprint density at radius 2 is 2.14 bits per heavy atom. The minimum atomic E-state index is 0.336. The molecule has 3 aliphatic rings. The van der Waals surface area contributed by atoms with E-state index in [-0.39, 0.29) is 0 Å². The fourth-order valence-electron chi connectivity index (χ4n) is 2.38. The average Bonchev–Trinajstić information content (AvgIpc) is 2.80. The lowest BCUT2D eigenvalue weighted by Crippen LogP contribution is -2.28. The first-order valence-electron chi connectivity index (χ1n) is 5.42. The van der Waals surface area contributed by atoms with Gasteiger partial charge in [0.05, 0.1) is 31.0 Å². The molecule has 3 nitrogen and oxygen atoms in total. The summed E-state index contributed by atoms with van der Waals surface area (Å²) in [5, 5.41) is 0. The Morgan fingerprint density at radius 1 is 1.29 bits per heavy atom. The van der Waals surface area contributed by atoms with Gasteiger partial charge in [-0.2, -0.15) is 0 Å². The Labute approximate surface area is 87.5 Å². The Hall–Kier alpha value is 0.0969. The van der Waals surface area contributed by atoms with E-state index in [0.717, 1.165) is 32.5 Å². The van der Waals surface area contributed by atoms with Crippen LogP contribution in [0.15, 0.2) is 0 Å². The summed E-state index contributed by atoms with van der Waals surface area (Å²) in [4.78, 5) is 0. The molecular formula is C10H15O3Si. The average molecular weight is 211 g/mol. The molecule has 3 heterocycles. The molecule has 3 radical (unpaired) electrons. The molecule has 0 saturated carbocycles. The summed E-state index contributed by atoms with van der Waals surface area (Å²) in [6, 6.07) is 0. The Morgan fingerprint density at radius 3 is 2.71 bits per heavy atom. The normalized spacial score (nSPS) is 49.9. The molecule has 3 aliphatic heterocycles. The van der Waals surface area contributed by atoms with Crippen molar-refractivity contribution in [3.63, 3.8) is 0 Å². The summed E-state index contributed by atoms with van der Waals surface area (Å²) in [7, 11) is 3.67. The van der Waals surface area contributed by atoms with Crippen molar-refractivity contribution in [3.05, 3.63) is 0 Å². The third-order valence-electron chi connectivity index (χ3n) is 3.34. The molecule has 0 aliphatic carbocycles. The van der Waals surface area contributed by atoms with Crippen LogP contribution in [0.5, 0.6) is 0 Å². The van der Waals surface area contributed by atoms with Crippen LogP contribution < -0.4 is 0 Å². The van der Waals surface area contributed by atoms with E-state index < -0.39 is 0 Å². The molecule has 2 bridgehead atoms. The SMILES string of the molecule is [Si]C1CC2OC1CC2OCCC1CO1. The molecule has 3 saturated heterocycles. The zero-order chi connectivity index (χ0) is 9.54. The molecule has 4 heteroatoms. The van der Waals surface area contributed by atoms with Crippen LogP contribution in [0, 0.1) is 0 Å². The number of epoxide rings is 1. The zero-order valence-electron chi connectivity index (χ0n) is 8.15. The van der Waals surface area contributed by atoms with Crippen LogP contribution in [0.2, 0.25) is 5.54 Å². The molecule has 0 spiro atoms. The molecule has 77 valence electrons. The van der Waals surface area contributed by atoms with Crippen LogP contribution in [-0.4, -0.2) is 47.9 Å². The van der Waals surface area contributed by atoms with Crippen molar-refractivity contribution in [2.75, 3.05) is 13.2 Å². The molecule has 5 atom stereocenters. The molecule has 14 heavy (non-hydrogen) atoms. The van der Waals surface area contributed by atoms with Gasteiger partial charge in [0.2, 0.25) is 0 Å². The lowest BCUT2D eigenvalue weighted by atomic mass is 9.97. The Balaban J connectivity index is 1.42. The molecule has 0 aromatic heterocycles. The van der Waals surface area contributed by atoms with Crippen LogP contribution in [-0.2, 0) is 14.2 Å². The largest absolute Gasteiger partial charge is 0.375 e. The quantitative estimate of drug-likeness (QED) is 0.506. The van der Waals surface area contributed by atoms with Crippen molar-refractivity contribution >= 4 is 10.2 Å². The van der Waals surface area contributed by atoms with Gasteiger partial charge in [-0.1, -0.05) is 0 Å². The summed E-state index contributed by atoms with van der Waals surface area (Å²) < 4.78 is 16.7. The molecular weight excluding hydrogens is 196 g/mol. The van der Waals surface area contributed by atoms with Crippen LogP contribution in [0.3, 0.4) is 0 Å². The second-order valence-electron chi connectivity index (χ2n) is 4.44. The number of rotatable bonds is 4. The molecule has 0 aromatic carbocycles. The number of fused-ring (bicyclic) bond motifs is 2. The highest BCUT2D eigenvalue weighted by molar-refractivity contribution is 6.12. The second-order valence-corrected chi connectivity index (χ2v) is 5.19. The van der Waals surface area contributed by atoms with Crippen LogP contribution >= 0.6 is 0 Å². The van der Waals surface area contributed by atoms with E-state index >= 15 is 0 Å².